The highest BCUT2D eigenvalue weighted by atomic mass is 32.1. The number of carbonyl (C=O) groups excluding carboxylic acids is 2. The topological polar surface area (TPSA) is 61.4 Å². The highest BCUT2D eigenvalue weighted by Gasteiger charge is 2.21. The molecule has 2 aromatic carbocycles. The minimum absolute atomic E-state index is 0.0330. The largest absolute Gasteiger partial charge is 0.339 e. The van der Waals surface area contributed by atoms with Gasteiger partial charge in [0.05, 0.1) is 0 Å². The molecule has 146 valence electrons. The molecular formula is C21H22FN3O2S. The van der Waals surface area contributed by atoms with Gasteiger partial charge in [-0.2, -0.15) is 0 Å². The van der Waals surface area contributed by atoms with Crippen LogP contribution in [0.1, 0.15) is 40.5 Å². The Kier molecular flexibility index (Phi) is 6.36. The van der Waals surface area contributed by atoms with Crippen LogP contribution < -0.4 is 10.6 Å². The lowest BCUT2D eigenvalue weighted by Crippen LogP contribution is -2.37. The molecule has 1 heterocycles. The van der Waals surface area contributed by atoms with Gasteiger partial charge >= 0.3 is 0 Å². The molecule has 0 bridgehead atoms. The standard InChI is InChI=1S/C21H22FN3O2S/c1-14-10-12-25(13-11-14)20(27)16-4-8-18(9-5-16)23-21(28)24-19(26)15-2-6-17(22)7-3-15/h2-9,14H,10-13H2,1H3,(H2,23,24,26,28). The Morgan fingerprint density at radius 3 is 2.18 bits per heavy atom. The number of hydrogen-bond acceptors (Lipinski definition) is 3. The van der Waals surface area contributed by atoms with Crippen molar-refractivity contribution in [2.75, 3.05) is 18.4 Å². The highest BCUT2D eigenvalue weighted by Crippen LogP contribution is 2.19. The Labute approximate surface area is 168 Å². The van der Waals surface area contributed by atoms with Crippen molar-refractivity contribution in [3.63, 3.8) is 0 Å². The number of likely N-dealkylation sites (tertiary alicyclic amines) is 1. The molecular weight excluding hydrogens is 377 g/mol. The highest BCUT2D eigenvalue weighted by molar-refractivity contribution is 7.80. The minimum atomic E-state index is -0.427. The van der Waals surface area contributed by atoms with Crippen LogP contribution in [-0.2, 0) is 0 Å². The maximum absolute atomic E-state index is 12.9. The van der Waals surface area contributed by atoms with Crippen LogP contribution in [0.3, 0.4) is 0 Å². The van der Waals surface area contributed by atoms with Crippen molar-refractivity contribution < 1.29 is 14.0 Å². The van der Waals surface area contributed by atoms with Crippen LogP contribution >= 0.6 is 12.2 Å². The molecule has 5 nitrogen and oxygen atoms in total. The van der Waals surface area contributed by atoms with E-state index < -0.39 is 11.7 Å². The maximum atomic E-state index is 12.9. The quantitative estimate of drug-likeness (QED) is 0.771. The maximum Gasteiger partial charge on any atom is 0.257 e. The monoisotopic (exact) mass is 399 g/mol. The van der Waals surface area contributed by atoms with Crippen molar-refractivity contribution >= 4 is 34.8 Å². The third-order valence-corrected chi connectivity index (χ3v) is 5.00. The van der Waals surface area contributed by atoms with Crippen LogP contribution in [0.2, 0.25) is 0 Å². The summed E-state index contributed by atoms with van der Waals surface area (Å²) in [6, 6.07) is 12.2. The van der Waals surface area contributed by atoms with E-state index in [0.717, 1.165) is 25.9 Å². The molecule has 2 amide bonds. The molecule has 0 atom stereocenters. The second-order valence-electron chi connectivity index (χ2n) is 6.97. The summed E-state index contributed by atoms with van der Waals surface area (Å²) in [7, 11) is 0. The van der Waals surface area contributed by atoms with E-state index in [4.69, 9.17) is 12.2 Å². The van der Waals surface area contributed by atoms with Crippen LogP contribution in [0.15, 0.2) is 48.5 Å². The average Bonchev–Trinajstić information content (AvgIpc) is 2.69. The van der Waals surface area contributed by atoms with Gasteiger partial charge in [-0.1, -0.05) is 6.92 Å². The van der Waals surface area contributed by atoms with Crippen molar-refractivity contribution in [3.05, 3.63) is 65.5 Å². The summed E-state index contributed by atoms with van der Waals surface area (Å²) in [6.45, 7) is 3.79. The first-order valence-corrected chi connectivity index (χ1v) is 9.60. The number of carbonyl (C=O) groups is 2. The van der Waals surface area contributed by atoms with E-state index in [9.17, 15) is 14.0 Å². The molecule has 0 unspecified atom stereocenters. The first-order valence-electron chi connectivity index (χ1n) is 9.19. The average molecular weight is 399 g/mol. The Morgan fingerprint density at radius 1 is 1.00 bits per heavy atom. The zero-order chi connectivity index (χ0) is 20.1. The first-order chi connectivity index (χ1) is 13.4. The molecule has 7 heteroatoms. The molecule has 3 rings (SSSR count). The van der Waals surface area contributed by atoms with Gasteiger partial charge in [0, 0.05) is 29.9 Å². The predicted molar refractivity (Wildman–Crippen MR) is 111 cm³/mol. The van der Waals surface area contributed by atoms with Crippen molar-refractivity contribution in [1.29, 1.82) is 0 Å². The number of rotatable bonds is 3. The van der Waals surface area contributed by atoms with Crippen LogP contribution in [0.5, 0.6) is 0 Å². The third kappa shape index (κ3) is 5.13. The predicted octanol–water partition coefficient (Wildman–Crippen LogP) is 3.82. The van der Waals surface area contributed by atoms with E-state index in [2.05, 4.69) is 17.6 Å². The van der Waals surface area contributed by atoms with Gasteiger partial charge in [0.2, 0.25) is 0 Å². The first kappa shape index (κ1) is 19.9. The molecule has 0 saturated carbocycles. The summed E-state index contributed by atoms with van der Waals surface area (Å²) < 4.78 is 12.9. The van der Waals surface area contributed by atoms with Crippen molar-refractivity contribution in [2.45, 2.75) is 19.8 Å². The fraction of sp³-hybridized carbons (Fsp3) is 0.286. The summed E-state index contributed by atoms with van der Waals surface area (Å²) in [4.78, 5) is 26.5. The van der Waals surface area contributed by atoms with Crippen LogP contribution in [0.4, 0.5) is 10.1 Å². The van der Waals surface area contributed by atoms with Crippen LogP contribution in [-0.4, -0.2) is 34.9 Å². The van der Waals surface area contributed by atoms with Gasteiger partial charge in [-0.15, -0.1) is 0 Å². The third-order valence-electron chi connectivity index (χ3n) is 4.79. The molecule has 0 radical (unpaired) electrons. The van der Waals surface area contributed by atoms with E-state index in [1.165, 1.54) is 24.3 Å². The van der Waals surface area contributed by atoms with E-state index in [-0.39, 0.29) is 11.0 Å². The molecule has 1 saturated heterocycles. The number of nitrogens with one attached hydrogen (secondary N) is 2. The summed E-state index contributed by atoms with van der Waals surface area (Å²) in [5.41, 5.74) is 1.59. The second-order valence-corrected chi connectivity index (χ2v) is 7.38. The van der Waals surface area contributed by atoms with Gasteiger partial charge in [0.15, 0.2) is 5.11 Å². The lowest BCUT2D eigenvalue weighted by molar-refractivity contribution is 0.0697. The number of thiocarbonyl (C=S) groups is 1. The van der Waals surface area contributed by atoms with Gasteiger partial charge in [-0.3, -0.25) is 14.9 Å². The van der Waals surface area contributed by atoms with Crippen molar-refractivity contribution in [1.82, 2.24) is 10.2 Å². The van der Waals surface area contributed by atoms with E-state index >= 15 is 0 Å². The van der Waals surface area contributed by atoms with Crippen molar-refractivity contribution in [3.8, 4) is 0 Å². The molecule has 0 spiro atoms. The molecule has 28 heavy (non-hydrogen) atoms. The van der Waals surface area contributed by atoms with Crippen LogP contribution in [0.25, 0.3) is 0 Å². The normalized spacial score (nSPS) is 14.4. The molecule has 1 aliphatic rings. The number of hydrogen-bond donors (Lipinski definition) is 2. The van der Waals surface area contributed by atoms with E-state index in [1.54, 1.807) is 24.3 Å². The molecule has 2 N–H and O–H groups in total. The summed E-state index contributed by atoms with van der Waals surface area (Å²) in [5.74, 6) is -0.137. The molecule has 1 aliphatic heterocycles. The number of piperidine rings is 1. The van der Waals surface area contributed by atoms with E-state index in [1.807, 2.05) is 4.90 Å². The second kappa shape index (κ2) is 8.93. The SMILES string of the molecule is CC1CCN(C(=O)c2ccc(NC(=S)NC(=O)c3ccc(F)cc3)cc2)CC1. The van der Waals surface area contributed by atoms with Crippen molar-refractivity contribution in [2.24, 2.45) is 5.92 Å². The molecule has 2 aromatic rings. The Bertz CT molecular complexity index is 860. The lowest BCUT2D eigenvalue weighted by atomic mass is 9.98. The summed E-state index contributed by atoms with van der Waals surface area (Å²) in [6.07, 6.45) is 2.07. The number of nitrogens with zero attached hydrogens (tertiary/aromatic N) is 1. The number of amides is 2. The Balaban J connectivity index is 1.54. The van der Waals surface area contributed by atoms with Gasteiger partial charge < -0.3 is 10.2 Å². The van der Waals surface area contributed by atoms with Crippen LogP contribution in [0, 0.1) is 11.7 Å². The summed E-state index contributed by atoms with van der Waals surface area (Å²) >= 11 is 5.14. The fourth-order valence-corrected chi connectivity index (χ4v) is 3.24. The van der Waals surface area contributed by atoms with E-state index in [0.29, 0.717) is 22.7 Å². The number of halogens is 1. The Morgan fingerprint density at radius 2 is 1.57 bits per heavy atom. The zero-order valence-corrected chi connectivity index (χ0v) is 16.4. The lowest BCUT2D eigenvalue weighted by Gasteiger charge is -2.30. The Hall–Kier alpha value is -2.80. The molecule has 0 aliphatic carbocycles. The van der Waals surface area contributed by atoms with Gasteiger partial charge in [0.25, 0.3) is 11.8 Å². The van der Waals surface area contributed by atoms with Gasteiger partial charge in [-0.05, 0) is 79.5 Å². The van der Waals surface area contributed by atoms with Gasteiger partial charge in [-0.25, -0.2) is 4.39 Å². The minimum Gasteiger partial charge on any atom is -0.339 e. The summed E-state index contributed by atoms with van der Waals surface area (Å²) in [5, 5.41) is 5.57. The molecule has 1 fully saturated rings. The fourth-order valence-electron chi connectivity index (χ4n) is 3.03. The number of anilines is 1. The zero-order valence-electron chi connectivity index (χ0n) is 15.6. The number of benzene rings is 2. The smallest absolute Gasteiger partial charge is 0.257 e. The molecule has 0 aromatic heterocycles. The van der Waals surface area contributed by atoms with Gasteiger partial charge in [0.1, 0.15) is 5.82 Å².